The van der Waals surface area contributed by atoms with E-state index < -0.39 is 17.6 Å². The lowest BCUT2D eigenvalue weighted by molar-refractivity contribution is -0.137. The highest BCUT2D eigenvalue weighted by Gasteiger charge is 2.36. The largest absolute Gasteiger partial charge is 0.418 e. The normalized spacial score (nSPS) is 15.0. The van der Waals surface area contributed by atoms with Crippen LogP contribution in [0.5, 0.6) is 0 Å². The number of halogens is 3. The third-order valence-corrected chi connectivity index (χ3v) is 5.84. The monoisotopic (exact) mass is 458 g/mol. The fourth-order valence-electron chi connectivity index (χ4n) is 4.04. The highest BCUT2D eigenvalue weighted by molar-refractivity contribution is 6.05. The van der Waals surface area contributed by atoms with Crippen molar-refractivity contribution >= 4 is 17.3 Å². The highest BCUT2D eigenvalue weighted by Crippen LogP contribution is 2.39. The van der Waals surface area contributed by atoms with Crippen molar-refractivity contribution in [1.29, 1.82) is 0 Å². The number of benzene rings is 2. The minimum absolute atomic E-state index is 0.0641. The molecule has 0 radical (unpaired) electrons. The van der Waals surface area contributed by atoms with Gasteiger partial charge in [-0.15, -0.1) is 0 Å². The number of aryl methyl sites for hydroxylation is 1. The second kappa shape index (κ2) is 9.27. The summed E-state index contributed by atoms with van der Waals surface area (Å²) in [5.74, 6) is -0.517. The second-order valence-electron chi connectivity index (χ2n) is 8.01. The lowest BCUT2D eigenvalue weighted by atomic mass is 10.0. The van der Waals surface area contributed by atoms with Crippen LogP contribution in [0, 0.1) is 6.92 Å². The molecule has 0 bridgehead atoms. The fraction of sp³-hybridized carbons (Fsp3) is 0.333. The predicted molar refractivity (Wildman–Crippen MR) is 120 cm³/mol. The van der Waals surface area contributed by atoms with Crippen LogP contribution in [0.1, 0.15) is 34.5 Å². The van der Waals surface area contributed by atoms with Crippen LogP contribution in [-0.2, 0) is 10.9 Å². The summed E-state index contributed by atoms with van der Waals surface area (Å²) in [4.78, 5) is 14.5. The van der Waals surface area contributed by atoms with Gasteiger partial charge in [-0.1, -0.05) is 18.2 Å². The molecule has 1 N–H and O–H groups in total. The van der Waals surface area contributed by atoms with Crippen LogP contribution < -0.4 is 10.2 Å². The first-order chi connectivity index (χ1) is 15.8. The molecule has 0 atom stereocenters. The van der Waals surface area contributed by atoms with Gasteiger partial charge in [0.05, 0.1) is 28.6 Å². The number of aromatic nitrogens is 2. The van der Waals surface area contributed by atoms with Crippen LogP contribution in [0.25, 0.3) is 5.69 Å². The lowest BCUT2D eigenvalue weighted by Gasteiger charge is -2.34. The molecule has 4 rings (SSSR count). The van der Waals surface area contributed by atoms with Gasteiger partial charge in [0.2, 0.25) is 0 Å². The van der Waals surface area contributed by atoms with Gasteiger partial charge in [0.1, 0.15) is 0 Å². The smallest absolute Gasteiger partial charge is 0.381 e. The zero-order chi connectivity index (χ0) is 23.6. The number of hydrogen-bond acceptors (Lipinski definition) is 4. The Morgan fingerprint density at radius 3 is 2.45 bits per heavy atom. The average Bonchev–Trinajstić information content (AvgIpc) is 3.21. The Balaban J connectivity index is 1.56. The number of carbonyl (C=O) groups excluding carboxylic acids is 1. The molecule has 33 heavy (non-hydrogen) atoms. The zero-order valence-electron chi connectivity index (χ0n) is 18.4. The van der Waals surface area contributed by atoms with E-state index >= 15 is 0 Å². The van der Waals surface area contributed by atoms with Crippen LogP contribution in [0.3, 0.4) is 0 Å². The van der Waals surface area contributed by atoms with Crippen molar-refractivity contribution < 1.29 is 22.7 Å². The molecular weight excluding hydrogens is 433 g/mol. The van der Waals surface area contributed by atoms with E-state index in [1.807, 2.05) is 30.3 Å². The van der Waals surface area contributed by atoms with E-state index in [-0.39, 0.29) is 23.0 Å². The molecule has 2 heterocycles. The third kappa shape index (κ3) is 5.03. The van der Waals surface area contributed by atoms with E-state index in [0.717, 1.165) is 11.8 Å². The van der Waals surface area contributed by atoms with Crippen LogP contribution in [0.4, 0.5) is 24.5 Å². The van der Waals surface area contributed by atoms with Gasteiger partial charge in [0.15, 0.2) is 0 Å². The number of para-hydroxylation sites is 1. The van der Waals surface area contributed by atoms with E-state index in [2.05, 4.69) is 10.4 Å². The first-order valence-corrected chi connectivity index (χ1v) is 10.7. The summed E-state index contributed by atoms with van der Waals surface area (Å²) in [6.07, 6.45) is -1.59. The number of piperidine rings is 1. The van der Waals surface area contributed by atoms with Crippen molar-refractivity contribution in [2.24, 2.45) is 0 Å². The molecule has 0 unspecified atom stereocenters. The van der Waals surface area contributed by atoms with Gasteiger partial charge >= 0.3 is 6.18 Å². The summed E-state index contributed by atoms with van der Waals surface area (Å²) in [7, 11) is 1.62. The van der Waals surface area contributed by atoms with E-state index in [1.165, 1.54) is 12.1 Å². The first kappa shape index (κ1) is 22.8. The molecule has 9 heteroatoms. The van der Waals surface area contributed by atoms with Gasteiger partial charge in [-0.25, -0.2) is 4.68 Å². The number of rotatable bonds is 5. The number of nitrogens with one attached hydrogen (secondary N) is 1. The molecule has 0 spiro atoms. The molecule has 174 valence electrons. The SMILES string of the molecule is COC1CCN(c2ccc(NC(=O)c3cn(-c4ccccc4)nc3C)cc2C(F)(F)F)CC1. The maximum absolute atomic E-state index is 13.9. The van der Waals surface area contributed by atoms with Crippen molar-refractivity contribution in [2.75, 3.05) is 30.4 Å². The Kier molecular flexibility index (Phi) is 6.42. The highest BCUT2D eigenvalue weighted by atomic mass is 19.4. The number of alkyl halides is 3. The maximum atomic E-state index is 13.9. The molecule has 6 nitrogen and oxygen atoms in total. The summed E-state index contributed by atoms with van der Waals surface area (Å²) in [6, 6.07) is 13.2. The number of ether oxygens (including phenoxy) is 1. The van der Waals surface area contributed by atoms with Gasteiger partial charge in [0, 0.05) is 37.8 Å². The summed E-state index contributed by atoms with van der Waals surface area (Å²) in [6.45, 7) is 2.64. The third-order valence-electron chi connectivity index (χ3n) is 5.84. The van der Waals surface area contributed by atoms with Crippen LogP contribution in [0.15, 0.2) is 54.7 Å². The van der Waals surface area contributed by atoms with Gasteiger partial charge in [-0.3, -0.25) is 4.79 Å². The number of hydrogen-bond donors (Lipinski definition) is 1. The molecule has 1 saturated heterocycles. The second-order valence-corrected chi connectivity index (χ2v) is 8.01. The molecule has 0 saturated carbocycles. The van der Waals surface area contributed by atoms with Gasteiger partial charge in [0.25, 0.3) is 5.91 Å². The van der Waals surface area contributed by atoms with E-state index in [9.17, 15) is 18.0 Å². The van der Waals surface area contributed by atoms with Crippen molar-refractivity contribution in [3.8, 4) is 5.69 Å². The molecule has 1 fully saturated rings. The summed E-state index contributed by atoms with van der Waals surface area (Å²) in [5, 5.41) is 6.94. The van der Waals surface area contributed by atoms with Gasteiger partial charge < -0.3 is 15.0 Å². The number of methoxy groups -OCH3 is 1. The zero-order valence-corrected chi connectivity index (χ0v) is 18.4. The predicted octanol–water partition coefficient (Wildman–Crippen LogP) is 5.07. The number of nitrogens with zero attached hydrogens (tertiary/aromatic N) is 3. The molecule has 3 aromatic rings. The Morgan fingerprint density at radius 2 is 1.82 bits per heavy atom. The molecule has 1 aliphatic heterocycles. The average molecular weight is 458 g/mol. The minimum atomic E-state index is -4.55. The Morgan fingerprint density at radius 1 is 1.12 bits per heavy atom. The standard InChI is InChI=1S/C24H25F3N4O2/c1-16-20(15-31(29-16)18-6-4-3-5-7-18)23(32)28-17-8-9-22(21(14-17)24(25,26)27)30-12-10-19(33-2)11-13-30/h3-9,14-15,19H,10-13H2,1-2H3,(H,28,32). The summed E-state index contributed by atoms with van der Waals surface area (Å²) < 4.78 is 48.5. The fourth-order valence-corrected chi connectivity index (χ4v) is 4.04. The Hall–Kier alpha value is -3.33. The number of amides is 1. The molecule has 0 aliphatic carbocycles. The van der Waals surface area contributed by atoms with E-state index in [1.54, 1.807) is 29.8 Å². The van der Waals surface area contributed by atoms with E-state index in [4.69, 9.17) is 4.74 Å². The number of carbonyl (C=O) groups is 1. The first-order valence-electron chi connectivity index (χ1n) is 10.7. The van der Waals surface area contributed by atoms with Crippen LogP contribution >= 0.6 is 0 Å². The van der Waals surface area contributed by atoms with Crippen LogP contribution in [-0.4, -0.2) is 42.0 Å². The van der Waals surface area contributed by atoms with E-state index in [0.29, 0.717) is 31.6 Å². The van der Waals surface area contributed by atoms with Gasteiger partial charge in [-0.2, -0.15) is 18.3 Å². The quantitative estimate of drug-likeness (QED) is 0.580. The minimum Gasteiger partial charge on any atom is -0.381 e. The Bertz CT molecular complexity index is 1120. The molecule has 1 amide bonds. The molecule has 1 aromatic heterocycles. The van der Waals surface area contributed by atoms with Crippen molar-refractivity contribution in [3.63, 3.8) is 0 Å². The van der Waals surface area contributed by atoms with Gasteiger partial charge in [-0.05, 0) is 50.1 Å². The summed E-state index contributed by atoms with van der Waals surface area (Å²) >= 11 is 0. The summed E-state index contributed by atoms with van der Waals surface area (Å²) in [5.41, 5.74) is 0.967. The van der Waals surface area contributed by atoms with Crippen molar-refractivity contribution in [2.45, 2.75) is 32.0 Å². The Labute approximate surface area is 190 Å². The van der Waals surface area contributed by atoms with Crippen molar-refractivity contribution in [3.05, 3.63) is 71.5 Å². The lowest BCUT2D eigenvalue weighted by Crippen LogP contribution is -2.37. The van der Waals surface area contributed by atoms with Crippen molar-refractivity contribution in [1.82, 2.24) is 9.78 Å². The molecular formula is C24H25F3N4O2. The topological polar surface area (TPSA) is 59.4 Å². The molecule has 1 aliphatic rings. The number of anilines is 2. The van der Waals surface area contributed by atoms with Crippen LogP contribution in [0.2, 0.25) is 0 Å². The maximum Gasteiger partial charge on any atom is 0.418 e. The molecule has 2 aromatic carbocycles.